The number of hydrogen-bond acceptors (Lipinski definition) is 4. The molecule has 0 heterocycles. The molecule has 0 spiro atoms. The van der Waals surface area contributed by atoms with Crippen LogP contribution in [0.5, 0.6) is 0 Å². The van der Waals surface area contributed by atoms with Crippen molar-refractivity contribution in [3.63, 3.8) is 0 Å². The van der Waals surface area contributed by atoms with Crippen molar-refractivity contribution < 1.29 is 9.59 Å². The number of rotatable bonds is 26. The minimum absolute atomic E-state index is 0.171. The zero-order chi connectivity index (χ0) is 34.0. The quantitative estimate of drug-likeness (QED) is 0.0603. The fraction of sp³-hybridized carbons (Fsp3) is 0.641. The normalized spacial score (nSPS) is 11.2. The Balaban J connectivity index is 1.77. The van der Waals surface area contributed by atoms with E-state index < -0.39 is 0 Å². The van der Waals surface area contributed by atoms with E-state index in [0.717, 1.165) is 55.1 Å². The molecule has 0 bridgehead atoms. The highest BCUT2D eigenvalue weighted by Gasteiger charge is 2.10. The van der Waals surface area contributed by atoms with Gasteiger partial charge >= 0.3 is 12.1 Å². The maximum atomic E-state index is 12.6. The van der Waals surface area contributed by atoms with Gasteiger partial charge in [0.1, 0.15) is 0 Å². The van der Waals surface area contributed by atoms with Crippen LogP contribution in [0.3, 0.4) is 0 Å². The van der Waals surface area contributed by atoms with E-state index in [1.165, 1.54) is 89.9 Å². The van der Waals surface area contributed by atoms with Crippen LogP contribution in [0.25, 0.3) is 0 Å². The van der Waals surface area contributed by atoms with Gasteiger partial charge in [-0.2, -0.15) is 0 Å². The fourth-order valence-electron chi connectivity index (χ4n) is 5.60. The number of carbonyl (C=O) groups excluding carboxylic acids is 2. The first-order valence-electron chi connectivity index (χ1n) is 18.7. The van der Waals surface area contributed by atoms with Gasteiger partial charge in [-0.1, -0.05) is 116 Å². The molecule has 0 unspecified atom stereocenters. The van der Waals surface area contributed by atoms with Crippen LogP contribution in [0.4, 0.5) is 21.0 Å². The Bertz CT molecular complexity index is 990. The van der Waals surface area contributed by atoms with E-state index in [1.807, 2.05) is 24.3 Å². The van der Waals surface area contributed by atoms with E-state index in [9.17, 15) is 9.59 Å². The SMILES string of the molecule is CCCCCCN(CCCCC)CNC(=O)Nc1ccc(Cc2ccc(NC(=O)NCN(CCCCC)CCCCCC)cc2)cc1. The molecule has 2 rings (SSSR count). The van der Waals surface area contributed by atoms with E-state index >= 15 is 0 Å². The van der Waals surface area contributed by atoms with Gasteiger partial charge in [-0.3, -0.25) is 9.80 Å². The molecule has 8 nitrogen and oxygen atoms in total. The predicted octanol–water partition coefficient (Wildman–Crippen LogP) is 9.58. The Labute approximate surface area is 286 Å². The lowest BCUT2D eigenvalue weighted by Gasteiger charge is -2.23. The van der Waals surface area contributed by atoms with Gasteiger partial charge in [0.2, 0.25) is 0 Å². The summed E-state index contributed by atoms with van der Waals surface area (Å²) >= 11 is 0. The van der Waals surface area contributed by atoms with Crippen molar-refractivity contribution in [2.45, 2.75) is 124 Å². The summed E-state index contributed by atoms with van der Waals surface area (Å²) in [6.07, 6.45) is 17.8. The third-order valence-corrected chi connectivity index (χ3v) is 8.57. The number of nitrogens with one attached hydrogen (secondary N) is 4. The van der Waals surface area contributed by atoms with E-state index in [4.69, 9.17) is 0 Å². The molecule has 4 N–H and O–H groups in total. The van der Waals surface area contributed by atoms with Crippen LogP contribution < -0.4 is 21.3 Å². The number of benzene rings is 2. The zero-order valence-electron chi connectivity index (χ0n) is 30.2. The summed E-state index contributed by atoms with van der Waals surface area (Å²) in [5, 5.41) is 12.0. The van der Waals surface area contributed by atoms with E-state index in [1.54, 1.807) is 0 Å². The number of nitrogens with zero attached hydrogens (tertiary/aromatic N) is 2. The van der Waals surface area contributed by atoms with Gasteiger partial charge in [-0.05, 0) is 93.7 Å². The molecule has 0 radical (unpaired) electrons. The third kappa shape index (κ3) is 19.3. The fourth-order valence-corrected chi connectivity index (χ4v) is 5.60. The summed E-state index contributed by atoms with van der Waals surface area (Å²) in [4.78, 5) is 29.9. The molecule has 0 aliphatic rings. The molecule has 8 heteroatoms. The van der Waals surface area contributed by atoms with Gasteiger partial charge in [0.05, 0.1) is 13.3 Å². The molecule has 0 fully saturated rings. The minimum atomic E-state index is -0.171. The first-order chi connectivity index (χ1) is 23.0. The van der Waals surface area contributed by atoms with Gasteiger partial charge in [0.15, 0.2) is 0 Å². The van der Waals surface area contributed by atoms with E-state index in [2.05, 4.69) is 83.0 Å². The molecule has 0 aliphatic heterocycles. The summed E-state index contributed by atoms with van der Waals surface area (Å²) in [6.45, 7) is 14.2. The van der Waals surface area contributed by atoms with Crippen molar-refractivity contribution in [1.82, 2.24) is 20.4 Å². The molecule has 264 valence electrons. The number of urea groups is 2. The average molecular weight is 651 g/mol. The molecule has 0 aliphatic carbocycles. The largest absolute Gasteiger partial charge is 0.325 e. The maximum Gasteiger partial charge on any atom is 0.320 e. The van der Waals surface area contributed by atoms with Crippen molar-refractivity contribution in [1.29, 1.82) is 0 Å². The van der Waals surface area contributed by atoms with Crippen LogP contribution in [0, 0.1) is 0 Å². The minimum Gasteiger partial charge on any atom is -0.325 e. The van der Waals surface area contributed by atoms with Crippen molar-refractivity contribution in [3.8, 4) is 0 Å². The molecule has 0 atom stereocenters. The standard InChI is InChI=1S/C39H66N6O2/c1-5-9-13-17-29-44(27-15-11-7-3)32-40-38(46)42-36-23-19-34(20-24-36)31-35-21-25-37(26-22-35)43-39(47)41-33-45(28-16-12-8-4)30-18-14-10-6-2/h19-26H,5-18,27-33H2,1-4H3,(H2,40,42,46)(H2,41,43,47). The second kappa shape index (κ2) is 25.9. The smallest absolute Gasteiger partial charge is 0.320 e. The molecule has 0 saturated heterocycles. The number of anilines is 2. The van der Waals surface area contributed by atoms with Crippen LogP contribution in [0.2, 0.25) is 0 Å². The van der Waals surface area contributed by atoms with Gasteiger partial charge < -0.3 is 21.3 Å². The van der Waals surface area contributed by atoms with E-state index in [-0.39, 0.29) is 12.1 Å². The van der Waals surface area contributed by atoms with Crippen LogP contribution >= 0.6 is 0 Å². The van der Waals surface area contributed by atoms with Crippen LogP contribution in [0.15, 0.2) is 48.5 Å². The first-order valence-corrected chi connectivity index (χ1v) is 18.7. The van der Waals surface area contributed by atoms with Crippen LogP contribution in [-0.4, -0.2) is 61.4 Å². The number of carbonyl (C=O) groups is 2. The zero-order valence-corrected chi connectivity index (χ0v) is 30.2. The summed E-state index contributed by atoms with van der Waals surface area (Å²) in [7, 11) is 0. The molecule has 2 aromatic rings. The third-order valence-electron chi connectivity index (χ3n) is 8.57. The van der Waals surface area contributed by atoms with Crippen molar-refractivity contribution >= 4 is 23.4 Å². The summed E-state index contributed by atoms with van der Waals surface area (Å²) in [5.74, 6) is 0. The first kappa shape index (κ1) is 40.1. The Morgan fingerprint density at radius 3 is 1.13 bits per heavy atom. The Kier molecular flexibility index (Phi) is 22.1. The van der Waals surface area contributed by atoms with Gasteiger partial charge in [0, 0.05) is 11.4 Å². The Morgan fingerprint density at radius 2 is 0.787 bits per heavy atom. The predicted molar refractivity (Wildman–Crippen MR) is 200 cm³/mol. The molecule has 2 aromatic carbocycles. The van der Waals surface area contributed by atoms with Crippen molar-refractivity contribution in [2.75, 3.05) is 50.1 Å². The molecule has 47 heavy (non-hydrogen) atoms. The topological polar surface area (TPSA) is 88.7 Å². The molecule has 0 saturated carbocycles. The summed E-state index contributed by atoms with van der Waals surface area (Å²) < 4.78 is 0. The highest BCUT2D eigenvalue weighted by atomic mass is 16.2. The highest BCUT2D eigenvalue weighted by molar-refractivity contribution is 5.89. The average Bonchev–Trinajstić information content (AvgIpc) is 3.07. The molecule has 4 amide bonds. The van der Waals surface area contributed by atoms with Gasteiger partial charge in [-0.25, -0.2) is 9.59 Å². The monoisotopic (exact) mass is 651 g/mol. The van der Waals surface area contributed by atoms with E-state index in [0.29, 0.717) is 13.3 Å². The lowest BCUT2D eigenvalue weighted by Crippen LogP contribution is -2.40. The van der Waals surface area contributed by atoms with Crippen LogP contribution in [0.1, 0.15) is 129 Å². The summed E-state index contributed by atoms with van der Waals surface area (Å²) in [6, 6.07) is 15.7. The van der Waals surface area contributed by atoms with Gasteiger partial charge in [-0.15, -0.1) is 0 Å². The van der Waals surface area contributed by atoms with Crippen molar-refractivity contribution in [3.05, 3.63) is 59.7 Å². The Morgan fingerprint density at radius 1 is 0.468 bits per heavy atom. The van der Waals surface area contributed by atoms with Crippen molar-refractivity contribution in [2.24, 2.45) is 0 Å². The second-order valence-electron chi connectivity index (χ2n) is 12.9. The van der Waals surface area contributed by atoms with Gasteiger partial charge in [0.25, 0.3) is 0 Å². The maximum absolute atomic E-state index is 12.6. The molecular weight excluding hydrogens is 584 g/mol. The summed E-state index contributed by atoms with van der Waals surface area (Å²) in [5.41, 5.74) is 3.88. The molecular formula is C39H66N6O2. The number of amides is 4. The molecule has 0 aromatic heterocycles. The number of unbranched alkanes of at least 4 members (excludes halogenated alkanes) is 10. The lowest BCUT2D eigenvalue weighted by atomic mass is 10.0. The van der Waals surface area contributed by atoms with Crippen LogP contribution in [-0.2, 0) is 6.42 Å². The highest BCUT2D eigenvalue weighted by Crippen LogP contribution is 2.16. The Hall–Kier alpha value is -3.10. The number of hydrogen-bond donors (Lipinski definition) is 4. The lowest BCUT2D eigenvalue weighted by molar-refractivity contribution is 0.224. The second-order valence-corrected chi connectivity index (χ2v) is 12.9.